The molecule has 0 saturated carbocycles. The highest BCUT2D eigenvalue weighted by atomic mass is 32.2. The van der Waals surface area contributed by atoms with Crippen LogP contribution in [-0.2, 0) is 18.6 Å². The third kappa shape index (κ3) is 3.11. The molecule has 6 heteroatoms. The summed E-state index contributed by atoms with van der Waals surface area (Å²) in [6.45, 7) is 2.01. The number of rotatable bonds is 4. The van der Waals surface area contributed by atoms with Gasteiger partial charge in [0.1, 0.15) is 23.2 Å². The molecule has 0 amide bonds. The first-order valence-corrected chi connectivity index (χ1v) is 9.40. The Kier molecular flexibility index (Phi) is 4.48. The van der Waals surface area contributed by atoms with Crippen molar-refractivity contribution >= 4 is 11.8 Å². The fraction of sp³-hybridized carbons (Fsp3) is 0.250. The fourth-order valence-electron chi connectivity index (χ4n) is 3.25. The molecule has 4 nitrogen and oxygen atoms in total. The number of oxazole rings is 1. The molecule has 2 heterocycles. The van der Waals surface area contributed by atoms with E-state index in [1.165, 1.54) is 29.5 Å². The summed E-state index contributed by atoms with van der Waals surface area (Å²) in [4.78, 5) is 9.13. The summed E-state index contributed by atoms with van der Waals surface area (Å²) in [6, 6.07) is 8.45. The van der Waals surface area contributed by atoms with Crippen molar-refractivity contribution in [2.75, 3.05) is 0 Å². The average molecular weight is 365 g/mol. The van der Waals surface area contributed by atoms with Crippen LogP contribution in [0.2, 0.25) is 0 Å². The molecule has 4 rings (SSSR count). The van der Waals surface area contributed by atoms with Gasteiger partial charge in [0.05, 0.1) is 11.3 Å². The van der Waals surface area contributed by atoms with Gasteiger partial charge in [-0.3, -0.25) is 0 Å². The zero-order valence-electron chi connectivity index (χ0n) is 14.3. The average Bonchev–Trinajstić information content (AvgIpc) is 3.29. The second kappa shape index (κ2) is 6.93. The van der Waals surface area contributed by atoms with Crippen LogP contribution in [0.3, 0.4) is 0 Å². The van der Waals surface area contributed by atoms with Gasteiger partial charge in [-0.05, 0) is 55.5 Å². The first-order chi connectivity index (χ1) is 12.7. The number of halogens is 1. The van der Waals surface area contributed by atoms with Gasteiger partial charge in [-0.2, -0.15) is 5.26 Å². The minimum Gasteiger partial charge on any atom is -0.444 e. The van der Waals surface area contributed by atoms with Crippen molar-refractivity contribution in [2.45, 2.75) is 37.0 Å². The topological polar surface area (TPSA) is 62.7 Å². The molecular formula is C20H16FN3OS. The number of hydrogen-bond donors (Lipinski definition) is 0. The predicted octanol–water partition coefficient (Wildman–Crippen LogP) is 4.84. The normalized spacial score (nSPS) is 12.8. The molecule has 1 aliphatic carbocycles. The maximum atomic E-state index is 13.3. The monoisotopic (exact) mass is 365 g/mol. The number of fused-ring (bicyclic) bond motifs is 1. The Hall–Kier alpha value is -2.65. The van der Waals surface area contributed by atoms with E-state index in [-0.39, 0.29) is 5.82 Å². The molecule has 0 radical (unpaired) electrons. The summed E-state index contributed by atoms with van der Waals surface area (Å²) in [5.41, 5.74) is 5.40. The zero-order chi connectivity index (χ0) is 18.1. The van der Waals surface area contributed by atoms with Crippen LogP contribution in [0.15, 0.2) is 40.0 Å². The highest BCUT2D eigenvalue weighted by molar-refractivity contribution is 7.98. The number of nitriles is 1. The molecule has 3 aromatic rings. The Labute approximate surface area is 155 Å². The van der Waals surface area contributed by atoms with Gasteiger partial charge in [-0.25, -0.2) is 14.4 Å². The molecule has 26 heavy (non-hydrogen) atoms. The van der Waals surface area contributed by atoms with Gasteiger partial charge in [-0.15, -0.1) is 0 Å². The molecule has 0 N–H and O–H groups in total. The van der Waals surface area contributed by atoms with Gasteiger partial charge in [0, 0.05) is 17.0 Å². The van der Waals surface area contributed by atoms with Crippen molar-refractivity contribution in [1.29, 1.82) is 5.26 Å². The fourth-order valence-corrected chi connectivity index (χ4v) is 4.19. The van der Waals surface area contributed by atoms with Gasteiger partial charge in [0.15, 0.2) is 0 Å². The molecular weight excluding hydrogens is 349 g/mol. The molecule has 0 bridgehead atoms. The lowest BCUT2D eigenvalue weighted by Gasteiger charge is -2.10. The number of pyridine rings is 1. The van der Waals surface area contributed by atoms with Crippen LogP contribution in [-0.4, -0.2) is 9.97 Å². The Bertz CT molecular complexity index is 1020. The summed E-state index contributed by atoms with van der Waals surface area (Å²) >= 11 is 1.49. The molecule has 2 aromatic heterocycles. The van der Waals surface area contributed by atoms with E-state index >= 15 is 0 Å². The predicted molar refractivity (Wildman–Crippen MR) is 97.2 cm³/mol. The summed E-state index contributed by atoms with van der Waals surface area (Å²) in [6.07, 6.45) is 4.65. The molecule has 0 fully saturated rings. The largest absolute Gasteiger partial charge is 0.444 e. The molecule has 1 aromatic carbocycles. The molecule has 0 aliphatic heterocycles. The van der Waals surface area contributed by atoms with E-state index in [1.54, 1.807) is 18.4 Å². The van der Waals surface area contributed by atoms with Crippen molar-refractivity contribution in [2.24, 2.45) is 0 Å². The van der Waals surface area contributed by atoms with Crippen molar-refractivity contribution in [1.82, 2.24) is 9.97 Å². The van der Waals surface area contributed by atoms with Crippen LogP contribution in [0.1, 0.15) is 34.5 Å². The third-order valence-electron chi connectivity index (χ3n) is 4.56. The van der Waals surface area contributed by atoms with Gasteiger partial charge in [0.25, 0.3) is 0 Å². The van der Waals surface area contributed by atoms with Gasteiger partial charge in [0.2, 0.25) is 5.89 Å². The molecule has 0 saturated heterocycles. The Morgan fingerprint density at radius 1 is 1.31 bits per heavy atom. The Morgan fingerprint density at radius 3 is 3.00 bits per heavy atom. The van der Waals surface area contributed by atoms with Crippen LogP contribution in [0.4, 0.5) is 4.39 Å². The summed E-state index contributed by atoms with van der Waals surface area (Å²) < 4.78 is 18.8. The summed E-state index contributed by atoms with van der Waals surface area (Å²) in [5.74, 6) is 0.602. The second-order valence-corrected chi connectivity index (χ2v) is 7.21. The van der Waals surface area contributed by atoms with Crippen LogP contribution >= 0.6 is 11.8 Å². The standard InChI is InChI=1S/C20H16FN3OS/c1-12-16-6-3-7-18(16)24-20(17(12)9-22)26-11-15-10-25-19(23-15)13-4-2-5-14(21)8-13/h2,4-5,8,10H,3,6-7,11H2,1H3. The van der Waals surface area contributed by atoms with Gasteiger partial charge in [-0.1, -0.05) is 17.8 Å². The van der Waals surface area contributed by atoms with Gasteiger partial charge >= 0.3 is 0 Å². The third-order valence-corrected chi connectivity index (χ3v) is 5.57. The van der Waals surface area contributed by atoms with Crippen molar-refractivity contribution < 1.29 is 8.81 Å². The number of nitrogens with zero attached hydrogens (tertiary/aromatic N) is 3. The number of hydrogen-bond acceptors (Lipinski definition) is 5. The Morgan fingerprint density at radius 2 is 2.19 bits per heavy atom. The van der Waals surface area contributed by atoms with Crippen LogP contribution in [0.5, 0.6) is 0 Å². The van der Waals surface area contributed by atoms with E-state index in [0.29, 0.717) is 22.8 Å². The molecule has 130 valence electrons. The SMILES string of the molecule is Cc1c(C#N)c(SCc2coc(-c3cccc(F)c3)n2)nc2c1CCC2. The zero-order valence-corrected chi connectivity index (χ0v) is 15.1. The minimum absolute atomic E-state index is 0.326. The van der Waals surface area contributed by atoms with Crippen LogP contribution in [0.25, 0.3) is 11.5 Å². The quantitative estimate of drug-likeness (QED) is 0.619. The van der Waals surface area contributed by atoms with E-state index in [0.717, 1.165) is 41.2 Å². The lowest BCUT2D eigenvalue weighted by molar-refractivity contribution is 0.571. The number of aromatic nitrogens is 2. The van der Waals surface area contributed by atoms with Crippen LogP contribution in [0, 0.1) is 24.1 Å². The van der Waals surface area contributed by atoms with Crippen LogP contribution < -0.4 is 0 Å². The molecule has 0 atom stereocenters. The number of thioether (sulfide) groups is 1. The van der Waals surface area contributed by atoms with Crippen molar-refractivity contribution in [3.8, 4) is 17.5 Å². The Balaban J connectivity index is 1.55. The van der Waals surface area contributed by atoms with E-state index in [9.17, 15) is 9.65 Å². The number of aryl methyl sites for hydroxylation is 1. The van der Waals surface area contributed by atoms with E-state index in [2.05, 4.69) is 11.1 Å². The number of benzene rings is 1. The maximum absolute atomic E-state index is 13.3. The molecule has 1 aliphatic rings. The summed E-state index contributed by atoms with van der Waals surface area (Å²) in [5, 5.41) is 10.3. The smallest absolute Gasteiger partial charge is 0.226 e. The van der Waals surface area contributed by atoms with Gasteiger partial charge < -0.3 is 4.42 Å². The highest BCUT2D eigenvalue weighted by Crippen LogP contribution is 2.33. The van der Waals surface area contributed by atoms with E-state index in [1.807, 2.05) is 6.92 Å². The second-order valence-electron chi connectivity index (χ2n) is 6.25. The van der Waals surface area contributed by atoms with E-state index < -0.39 is 0 Å². The first kappa shape index (κ1) is 16.8. The first-order valence-electron chi connectivity index (χ1n) is 8.41. The maximum Gasteiger partial charge on any atom is 0.226 e. The van der Waals surface area contributed by atoms with Crippen molar-refractivity contribution in [3.05, 3.63) is 64.4 Å². The lowest BCUT2D eigenvalue weighted by atomic mass is 10.0. The van der Waals surface area contributed by atoms with Crippen molar-refractivity contribution in [3.63, 3.8) is 0 Å². The molecule has 0 spiro atoms. The van der Waals surface area contributed by atoms with E-state index in [4.69, 9.17) is 9.40 Å². The minimum atomic E-state index is -0.326. The lowest BCUT2D eigenvalue weighted by Crippen LogP contribution is -2.00. The molecule has 0 unspecified atom stereocenters. The summed E-state index contributed by atoms with van der Waals surface area (Å²) in [7, 11) is 0. The highest BCUT2D eigenvalue weighted by Gasteiger charge is 2.21.